The van der Waals surface area contributed by atoms with Gasteiger partial charge in [0.05, 0.1) is 43.1 Å². The Labute approximate surface area is 313 Å². The largest absolute Gasteiger partial charge is 0.459 e. The minimum absolute atomic E-state index is 0.0138. The van der Waals surface area contributed by atoms with Gasteiger partial charge in [-0.15, -0.1) is 0 Å². The molecule has 5 saturated carbocycles. The van der Waals surface area contributed by atoms with Gasteiger partial charge >= 0.3 is 12.1 Å². The molecule has 0 aromatic heterocycles. The van der Waals surface area contributed by atoms with Gasteiger partial charge in [0.15, 0.2) is 6.29 Å². The first-order valence-corrected chi connectivity index (χ1v) is 20.6. The van der Waals surface area contributed by atoms with E-state index in [9.17, 15) is 14.7 Å². The summed E-state index contributed by atoms with van der Waals surface area (Å²) >= 11 is 0. The number of fused-ring (bicyclic) bond motifs is 2. The van der Waals surface area contributed by atoms with E-state index in [4.69, 9.17) is 29.4 Å². The zero-order chi connectivity index (χ0) is 38.4. The minimum Gasteiger partial charge on any atom is -0.459 e. The summed E-state index contributed by atoms with van der Waals surface area (Å²) in [5.41, 5.74) is 6.13. The van der Waals surface area contributed by atoms with E-state index in [0.717, 1.165) is 57.8 Å². The normalized spacial score (nSPS) is 43.7. The summed E-state index contributed by atoms with van der Waals surface area (Å²) in [6.45, 7) is 26.1. The van der Waals surface area contributed by atoms with Gasteiger partial charge in [-0.1, -0.05) is 54.9 Å². The third kappa shape index (κ3) is 6.06. The molecule has 2 spiro atoms. The lowest BCUT2D eigenvalue weighted by Gasteiger charge is -2.63. The Kier molecular flexibility index (Phi) is 10.3. The van der Waals surface area contributed by atoms with Crippen LogP contribution in [-0.4, -0.2) is 89.7 Å². The number of hydrogen-bond donors (Lipinski definition) is 2. The molecule has 0 aromatic rings. The summed E-state index contributed by atoms with van der Waals surface area (Å²) in [6.07, 6.45) is 6.17. The van der Waals surface area contributed by atoms with Crippen LogP contribution in [0.3, 0.4) is 0 Å². The van der Waals surface area contributed by atoms with E-state index in [1.807, 2.05) is 27.7 Å². The standard InChI is InChI=1S/C42H72N2O8/c1-13-27-32(49-25(3)34(50-26(4)45)37(8,9)14-2)33(46)42(43)29-16-15-28-38(10,11)30(17-18-40(28)24-41(29,40)20-19-39(27,42)12)51-31-23-44(21-22-48-31)35(47)52-36(5,6)7/h25,27-34,46H,13-24,43H2,1-12H3. The second kappa shape index (κ2) is 13.3. The molecule has 1 saturated heterocycles. The second-order valence-electron chi connectivity index (χ2n) is 20.4. The van der Waals surface area contributed by atoms with E-state index in [1.54, 1.807) is 4.90 Å². The fraction of sp³-hybridized carbons (Fsp3) is 0.952. The highest BCUT2D eigenvalue weighted by atomic mass is 16.7. The number of morpholine rings is 1. The highest BCUT2D eigenvalue weighted by Crippen LogP contribution is 2.87. The Bertz CT molecular complexity index is 1360. The van der Waals surface area contributed by atoms with Crippen molar-refractivity contribution in [3.63, 3.8) is 0 Å². The van der Waals surface area contributed by atoms with Crippen molar-refractivity contribution >= 4 is 12.1 Å². The fourth-order valence-corrected chi connectivity index (χ4v) is 13.2. The Balaban J connectivity index is 1.20. The second-order valence-corrected chi connectivity index (χ2v) is 20.4. The van der Waals surface area contributed by atoms with Crippen molar-refractivity contribution < 1.29 is 38.4 Å². The van der Waals surface area contributed by atoms with Crippen LogP contribution in [0.15, 0.2) is 0 Å². The summed E-state index contributed by atoms with van der Waals surface area (Å²) in [6, 6.07) is 0. The van der Waals surface area contributed by atoms with Crippen LogP contribution in [0.2, 0.25) is 0 Å². The first-order valence-electron chi connectivity index (χ1n) is 20.6. The number of carbonyl (C=O) groups is 2. The topological polar surface area (TPSA) is 130 Å². The molecule has 1 aliphatic heterocycles. The van der Waals surface area contributed by atoms with Gasteiger partial charge in [0.1, 0.15) is 11.7 Å². The zero-order valence-electron chi connectivity index (χ0n) is 34.5. The maximum atomic E-state index is 12.9. The van der Waals surface area contributed by atoms with Crippen LogP contribution in [0.25, 0.3) is 0 Å². The van der Waals surface area contributed by atoms with Crippen molar-refractivity contribution in [3.8, 4) is 0 Å². The third-order valence-electron chi connectivity index (χ3n) is 16.0. The number of hydrogen-bond acceptors (Lipinski definition) is 9. The summed E-state index contributed by atoms with van der Waals surface area (Å²) in [5, 5.41) is 12.6. The van der Waals surface area contributed by atoms with Crippen molar-refractivity contribution in [1.29, 1.82) is 0 Å². The molecule has 0 bridgehead atoms. The van der Waals surface area contributed by atoms with E-state index in [1.165, 1.54) is 6.92 Å². The molecule has 13 unspecified atom stereocenters. The number of aliphatic hydroxyl groups is 1. The first-order chi connectivity index (χ1) is 24.0. The molecule has 10 heteroatoms. The van der Waals surface area contributed by atoms with Crippen LogP contribution >= 0.6 is 0 Å². The Morgan fingerprint density at radius 1 is 1.00 bits per heavy atom. The smallest absolute Gasteiger partial charge is 0.410 e. The van der Waals surface area contributed by atoms with Crippen molar-refractivity contribution in [2.24, 2.45) is 50.6 Å². The molecule has 0 radical (unpaired) electrons. The lowest BCUT2D eigenvalue weighted by atomic mass is 9.44. The molecule has 6 aliphatic rings. The number of nitrogens with zero attached hydrogens (tertiary/aromatic N) is 1. The molecule has 3 N–H and O–H groups in total. The summed E-state index contributed by atoms with van der Waals surface area (Å²) in [5.74, 6) is 0.462. The van der Waals surface area contributed by atoms with Crippen molar-refractivity contribution in [1.82, 2.24) is 4.90 Å². The van der Waals surface area contributed by atoms with Crippen LogP contribution in [0.4, 0.5) is 4.79 Å². The van der Waals surface area contributed by atoms with E-state index >= 15 is 0 Å². The molecule has 1 heterocycles. The van der Waals surface area contributed by atoms with E-state index in [-0.39, 0.29) is 57.1 Å². The number of rotatable bonds is 9. The van der Waals surface area contributed by atoms with Crippen molar-refractivity contribution in [3.05, 3.63) is 0 Å². The van der Waals surface area contributed by atoms with Crippen LogP contribution in [-0.2, 0) is 28.5 Å². The van der Waals surface area contributed by atoms with Crippen LogP contribution in [0.5, 0.6) is 0 Å². The van der Waals surface area contributed by atoms with Crippen LogP contribution in [0, 0.1) is 44.8 Å². The molecule has 13 atom stereocenters. The average molecular weight is 733 g/mol. The fourth-order valence-electron chi connectivity index (χ4n) is 13.2. The number of aliphatic hydroxyl groups excluding tert-OH is 1. The van der Waals surface area contributed by atoms with Gasteiger partial charge in [0.25, 0.3) is 0 Å². The number of ether oxygens (including phenoxy) is 5. The predicted octanol–water partition coefficient (Wildman–Crippen LogP) is 7.23. The highest BCUT2D eigenvalue weighted by molar-refractivity contribution is 5.68. The molecule has 52 heavy (non-hydrogen) atoms. The Morgan fingerprint density at radius 3 is 2.27 bits per heavy atom. The third-order valence-corrected chi connectivity index (χ3v) is 16.0. The van der Waals surface area contributed by atoms with Gasteiger partial charge in [0.2, 0.25) is 0 Å². The molecule has 10 nitrogen and oxygen atoms in total. The quantitative estimate of drug-likeness (QED) is 0.236. The van der Waals surface area contributed by atoms with Crippen LogP contribution < -0.4 is 5.73 Å². The number of nitrogens with two attached hydrogens (primary N) is 1. The summed E-state index contributed by atoms with van der Waals surface area (Å²) in [7, 11) is 0. The summed E-state index contributed by atoms with van der Waals surface area (Å²) < 4.78 is 31.4. The predicted molar refractivity (Wildman–Crippen MR) is 199 cm³/mol. The first kappa shape index (κ1) is 40.2. The molecular weight excluding hydrogens is 660 g/mol. The van der Waals surface area contributed by atoms with Crippen molar-refractivity contribution in [2.75, 3.05) is 19.7 Å². The SMILES string of the molecule is CCC1C(OC(C)C(OC(C)=O)C(C)(C)CC)C(O)C2(N)C3CCC4C(C)(C)C(OC5CN(C(=O)OC(C)(C)C)CCO5)CCC45CC35CCC12C. The Morgan fingerprint density at radius 2 is 1.65 bits per heavy atom. The van der Waals surface area contributed by atoms with E-state index < -0.39 is 41.8 Å². The van der Waals surface area contributed by atoms with Gasteiger partial charge < -0.3 is 39.4 Å². The average Bonchev–Trinajstić information content (AvgIpc) is 3.69. The lowest BCUT2D eigenvalue weighted by Crippen LogP contribution is -2.70. The maximum absolute atomic E-state index is 12.9. The molecule has 0 aromatic carbocycles. The summed E-state index contributed by atoms with van der Waals surface area (Å²) in [4.78, 5) is 26.8. The highest BCUT2D eigenvalue weighted by Gasteiger charge is 2.84. The monoisotopic (exact) mass is 733 g/mol. The van der Waals surface area contributed by atoms with Crippen LogP contribution in [0.1, 0.15) is 141 Å². The number of amides is 1. The maximum Gasteiger partial charge on any atom is 0.410 e. The van der Waals surface area contributed by atoms with Gasteiger partial charge in [-0.25, -0.2) is 4.79 Å². The molecular formula is C42H72N2O8. The number of carbonyl (C=O) groups excluding carboxylic acids is 2. The van der Waals surface area contributed by atoms with E-state index in [0.29, 0.717) is 25.6 Å². The van der Waals surface area contributed by atoms with Gasteiger partial charge in [-0.3, -0.25) is 4.79 Å². The zero-order valence-corrected chi connectivity index (χ0v) is 34.5. The van der Waals surface area contributed by atoms with E-state index in [2.05, 4.69) is 48.5 Å². The molecule has 5 aliphatic carbocycles. The van der Waals surface area contributed by atoms with Gasteiger partial charge in [0, 0.05) is 18.9 Å². The molecule has 6 rings (SSSR count). The molecule has 298 valence electrons. The Hall–Kier alpha value is -1.46. The minimum atomic E-state index is -0.812. The number of esters is 1. The lowest BCUT2D eigenvalue weighted by molar-refractivity contribution is -0.244. The van der Waals surface area contributed by atoms with Gasteiger partial charge in [-0.05, 0) is 118 Å². The molecule has 1 amide bonds. The van der Waals surface area contributed by atoms with Gasteiger partial charge in [-0.2, -0.15) is 0 Å². The van der Waals surface area contributed by atoms with Crippen molar-refractivity contribution in [2.45, 2.75) is 189 Å². The molecule has 6 fully saturated rings.